The van der Waals surface area contributed by atoms with Crippen LogP contribution in [0.15, 0.2) is 12.1 Å². The second-order valence-electron chi connectivity index (χ2n) is 5.19. The zero-order chi connectivity index (χ0) is 12.3. The van der Waals surface area contributed by atoms with Crippen LogP contribution in [0.25, 0.3) is 0 Å². The number of aliphatic hydroxyl groups excluding tert-OH is 1. The van der Waals surface area contributed by atoms with Gasteiger partial charge in [-0.05, 0) is 24.5 Å². The zero-order valence-corrected chi connectivity index (χ0v) is 10.7. The molecule has 0 radical (unpaired) electrons. The van der Waals surface area contributed by atoms with Crippen LogP contribution in [0.1, 0.15) is 33.4 Å². The third kappa shape index (κ3) is 2.92. The van der Waals surface area contributed by atoms with Crippen LogP contribution in [0.5, 0.6) is 0 Å². The van der Waals surface area contributed by atoms with Gasteiger partial charge in [0.25, 0.3) is 0 Å². The molecule has 90 valence electrons. The fourth-order valence-electron chi connectivity index (χ4n) is 1.40. The molecule has 1 rings (SSSR count). The number of hydrogen-bond donors (Lipinski definition) is 1. The quantitative estimate of drug-likeness (QED) is 0.849. The van der Waals surface area contributed by atoms with E-state index in [4.69, 9.17) is 5.11 Å². The minimum Gasteiger partial charge on any atom is -0.390 e. The number of rotatable bonds is 3. The predicted molar refractivity (Wildman–Crippen MR) is 65.3 cm³/mol. The number of anilines is 1. The van der Waals surface area contributed by atoms with E-state index in [9.17, 15) is 0 Å². The summed E-state index contributed by atoms with van der Waals surface area (Å²) in [6.07, 6.45) is 0. The van der Waals surface area contributed by atoms with Crippen LogP contribution in [0.4, 0.5) is 5.82 Å². The zero-order valence-electron chi connectivity index (χ0n) is 10.7. The fraction of sp³-hybridized carbons (Fsp3) is 0.667. The number of nitrogens with zero attached hydrogens (tertiary/aromatic N) is 3. The van der Waals surface area contributed by atoms with Crippen LogP contribution in [-0.4, -0.2) is 28.4 Å². The average molecular weight is 223 g/mol. The molecule has 1 N–H and O–H groups in total. The highest BCUT2D eigenvalue weighted by molar-refractivity contribution is 5.37. The Morgan fingerprint density at radius 3 is 2.31 bits per heavy atom. The van der Waals surface area contributed by atoms with Crippen LogP contribution in [0, 0.1) is 5.41 Å². The Hall–Kier alpha value is -1.16. The second kappa shape index (κ2) is 4.78. The van der Waals surface area contributed by atoms with Gasteiger partial charge in [0, 0.05) is 13.1 Å². The molecule has 0 saturated heterocycles. The lowest BCUT2D eigenvalue weighted by molar-refractivity contribution is 0.275. The Bertz CT molecular complexity index is 329. The summed E-state index contributed by atoms with van der Waals surface area (Å²) in [7, 11) is 2.01. The highest BCUT2D eigenvalue weighted by Gasteiger charge is 2.24. The molecule has 0 fully saturated rings. The van der Waals surface area contributed by atoms with Crippen LogP contribution in [-0.2, 0) is 6.61 Å². The van der Waals surface area contributed by atoms with Gasteiger partial charge in [-0.15, -0.1) is 5.10 Å². The summed E-state index contributed by atoms with van der Waals surface area (Å²) < 4.78 is 0. The molecular weight excluding hydrogens is 202 g/mol. The molecule has 0 amide bonds. The normalized spacial score (nSPS) is 13.6. The SMILES string of the molecule is CC(N(C)c1ccc(CO)nn1)C(C)(C)C. The minimum absolute atomic E-state index is 0.0637. The van der Waals surface area contributed by atoms with Gasteiger partial charge in [-0.2, -0.15) is 5.10 Å². The summed E-state index contributed by atoms with van der Waals surface area (Å²) >= 11 is 0. The van der Waals surface area contributed by atoms with Crippen molar-refractivity contribution in [2.45, 2.75) is 40.3 Å². The van der Waals surface area contributed by atoms with E-state index in [1.807, 2.05) is 13.1 Å². The van der Waals surface area contributed by atoms with Gasteiger partial charge in [0.1, 0.15) is 0 Å². The Morgan fingerprint density at radius 1 is 1.31 bits per heavy atom. The van der Waals surface area contributed by atoms with Gasteiger partial charge in [0.05, 0.1) is 12.3 Å². The molecule has 1 aromatic rings. The average Bonchev–Trinajstić information content (AvgIpc) is 2.26. The Morgan fingerprint density at radius 2 is 1.94 bits per heavy atom. The minimum atomic E-state index is -0.0637. The van der Waals surface area contributed by atoms with Gasteiger partial charge in [-0.25, -0.2) is 0 Å². The molecule has 1 atom stereocenters. The molecule has 0 saturated carbocycles. The fourth-order valence-corrected chi connectivity index (χ4v) is 1.40. The molecule has 1 unspecified atom stereocenters. The summed E-state index contributed by atoms with van der Waals surface area (Å²) in [5, 5.41) is 16.9. The third-order valence-corrected chi connectivity index (χ3v) is 3.06. The smallest absolute Gasteiger partial charge is 0.151 e. The van der Waals surface area contributed by atoms with E-state index in [-0.39, 0.29) is 12.0 Å². The van der Waals surface area contributed by atoms with Crippen LogP contribution in [0.3, 0.4) is 0 Å². The summed E-state index contributed by atoms with van der Waals surface area (Å²) in [6, 6.07) is 4.05. The Kier molecular flexibility index (Phi) is 3.86. The molecule has 0 aliphatic rings. The highest BCUT2D eigenvalue weighted by atomic mass is 16.3. The summed E-state index contributed by atoms with van der Waals surface area (Å²) in [6.45, 7) is 8.70. The van der Waals surface area contributed by atoms with Crippen molar-refractivity contribution in [2.75, 3.05) is 11.9 Å². The molecule has 16 heavy (non-hydrogen) atoms. The molecule has 0 spiro atoms. The lowest BCUT2D eigenvalue weighted by Crippen LogP contribution is -2.39. The molecule has 0 aromatic carbocycles. The molecule has 0 aliphatic carbocycles. The van der Waals surface area contributed by atoms with Gasteiger partial charge in [0.15, 0.2) is 5.82 Å². The second-order valence-corrected chi connectivity index (χ2v) is 5.19. The number of aliphatic hydroxyl groups is 1. The van der Waals surface area contributed by atoms with Crippen molar-refractivity contribution in [2.24, 2.45) is 5.41 Å². The molecule has 0 bridgehead atoms. The maximum absolute atomic E-state index is 8.89. The van der Waals surface area contributed by atoms with E-state index >= 15 is 0 Å². The van der Waals surface area contributed by atoms with E-state index in [0.29, 0.717) is 11.7 Å². The maximum atomic E-state index is 8.89. The van der Waals surface area contributed by atoms with Crippen molar-refractivity contribution in [1.29, 1.82) is 0 Å². The maximum Gasteiger partial charge on any atom is 0.151 e. The van der Waals surface area contributed by atoms with Gasteiger partial charge >= 0.3 is 0 Å². The van der Waals surface area contributed by atoms with Crippen molar-refractivity contribution < 1.29 is 5.11 Å². The first-order valence-electron chi connectivity index (χ1n) is 5.52. The number of aromatic nitrogens is 2. The van der Waals surface area contributed by atoms with Crippen LogP contribution in [0.2, 0.25) is 0 Å². The molecule has 4 heteroatoms. The van der Waals surface area contributed by atoms with Crippen molar-refractivity contribution >= 4 is 5.82 Å². The van der Waals surface area contributed by atoms with E-state index in [1.165, 1.54) is 0 Å². The largest absolute Gasteiger partial charge is 0.390 e. The number of hydrogen-bond acceptors (Lipinski definition) is 4. The first kappa shape index (κ1) is 12.9. The molecule has 1 aromatic heterocycles. The molecule has 1 heterocycles. The van der Waals surface area contributed by atoms with E-state index in [1.54, 1.807) is 6.07 Å². The summed E-state index contributed by atoms with van der Waals surface area (Å²) in [4.78, 5) is 2.11. The van der Waals surface area contributed by atoms with Gasteiger partial charge in [-0.3, -0.25) is 0 Å². The van der Waals surface area contributed by atoms with Crippen LogP contribution < -0.4 is 4.90 Å². The lowest BCUT2D eigenvalue weighted by Gasteiger charge is -2.35. The molecule has 0 aliphatic heterocycles. The van der Waals surface area contributed by atoms with Gasteiger partial charge in [-0.1, -0.05) is 20.8 Å². The van der Waals surface area contributed by atoms with Crippen molar-refractivity contribution in [3.63, 3.8) is 0 Å². The topological polar surface area (TPSA) is 49.2 Å². The predicted octanol–water partition coefficient (Wildman–Crippen LogP) is 1.84. The van der Waals surface area contributed by atoms with Gasteiger partial charge in [0.2, 0.25) is 0 Å². The van der Waals surface area contributed by atoms with Crippen molar-refractivity contribution in [3.05, 3.63) is 17.8 Å². The summed E-state index contributed by atoms with van der Waals surface area (Å²) in [5.74, 6) is 0.833. The van der Waals surface area contributed by atoms with Crippen LogP contribution >= 0.6 is 0 Å². The monoisotopic (exact) mass is 223 g/mol. The van der Waals surface area contributed by atoms with Crippen molar-refractivity contribution in [1.82, 2.24) is 10.2 Å². The molecular formula is C12H21N3O. The first-order valence-corrected chi connectivity index (χ1v) is 5.52. The van der Waals surface area contributed by atoms with E-state index in [0.717, 1.165) is 5.82 Å². The summed E-state index contributed by atoms with van der Waals surface area (Å²) in [5.41, 5.74) is 0.784. The third-order valence-electron chi connectivity index (χ3n) is 3.06. The van der Waals surface area contributed by atoms with E-state index < -0.39 is 0 Å². The Labute approximate surface area is 97.3 Å². The lowest BCUT2D eigenvalue weighted by atomic mass is 9.87. The van der Waals surface area contributed by atoms with E-state index in [2.05, 4.69) is 42.8 Å². The highest BCUT2D eigenvalue weighted by Crippen LogP contribution is 2.25. The standard InChI is InChI=1S/C12H21N3O/c1-9(12(2,3)4)15(5)11-7-6-10(8-16)13-14-11/h6-7,9,16H,8H2,1-5H3. The van der Waals surface area contributed by atoms with Crippen molar-refractivity contribution in [3.8, 4) is 0 Å². The first-order chi connectivity index (χ1) is 7.36. The van der Waals surface area contributed by atoms with Gasteiger partial charge < -0.3 is 10.0 Å². The molecule has 4 nitrogen and oxygen atoms in total. The Balaban J connectivity index is 2.84.